The summed E-state index contributed by atoms with van der Waals surface area (Å²) < 4.78 is 23.9. The van der Waals surface area contributed by atoms with E-state index in [1.807, 2.05) is 65.9 Å². The van der Waals surface area contributed by atoms with Gasteiger partial charge in [-0.2, -0.15) is 0 Å². The van der Waals surface area contributed by atoms with E-state index < -0.39 is 0 Å². The van der Waals surface area contributed by atoms with Gasteiger partial charge in [0.05, 0.1) is 55.5 Å². The van der Waals surface area contributed by atoms with Gasteiger partial charge in [-0.15, -0.1) is 11.3 Å². The maximum Gasteiger partial charge on any atom is 0.160 e. The lowest BCUT2D eigenvalue weighted by atomic mass is 9.98. The Morgan fingerprint density at radius 1 is 0.182 bits per heavy atom. The zero-order valence-corrected chi connectivity index (χ0v) is 66.1. The highest BCUT2D eigenvalue weighted by atomic mass is 32.1. The molecule has 0 aliphatic rings. The van der Waals surface area contributed by atoms with Gasteiger partial charge in [-0.05, 0) is 201 Å². The molecule has 0 saturated carbocycles. The van der Waals surface area contributed by atoms with Crippen LogP contribution in [0.15, 0.2) is 425 Å². The molecule has 0 saturated heterocycles. The van der Waals surface area contributed by atoms with Crippen LogP contribution in [0.2, 0.25) is 0 Å². The average molecular weight is 1560 g/mol. The van der Waals surface area contributed by atoms with Gasteiger partial charge in [0.2, 0.25) is 0 Å². The first-order valence-corrected chi connectivity index (χ1v) is 41.6. The van der Waals surface area contributed by atoms with Crippen molar-refractivity contribution < 1.29 is 4.39 Å². The summed E-state index contributed by atoms with van der Waals surface area (Å²) in [6.07, 6.45) is 0. The van der Waals surface area contributed by atoms with Gasteiger partial charge in [-0.3, -0.25) is 0 Å². The number of benzene rings is 18. The topological polar surface area (TPSA) is 66.3 Å². The molecule has 24 aromatic rings. The molecule has 121 heavy (non-hydrogen) atoms. The largest absolute Gasteiger partial charge is 0.309 e. The first-order chi connectivity index (χ1) is 59.9. The summed E-state index contributed by atoms with van der Waals surface area (Å²) >= 11 is 1.86. The minimum atomic E-state index is -0.248. The zero-order chi connectivity index (χ0) is 80.0. The van der Waals surface area contributed by atoms with Gasteiger partial charge < -0.3 is 13.7 Å². The Balaban J connectivity index is 0.000000141. The Morgan fingerprint density at radius 3 is 1.01 bits per heavy atom. The standard InChI is InChI=1S/C56H35FN4.C56H35N3S/c57-42-13-10-14-44(35-42)61-52-20-9-6-16-46(52)49-34-41(28-32-54(49)61)37-23-21-36(22-24-37)40-27-31-53-48(33-40)45-15-5-8-19-51(45)60(53)43-29-25-39(26-30-43)56-58-50-18-7-4-17-47(50)55(59-56)38-11-2-1-3-12-38;1-2-12-38(13-3-1)55-47-20-4-7-21-50(47)57-56(58-55)43-16-10-14-39(32-43)40-15-11-17-44(33-40)59-51-22-8-5-18-45(51)48-34-41(28-30-52(48)59)36-24-26-37(27-25-36)42-29-31-54-49(35-42)46-19-6-9-23-53(46)60-54/h1-35H;1-35H. The Labute approximate surface area is 700 Å². The molecule has 6 heterocycles. The van der Waals surface area contributed by atoms with Gasteiger partial charge in [0.25, 0.3) is 0 Å². The highest BCUT2D eigenvalue weighted by molar-refractivity contribution is 7.25. The maximum atomic E-state index is 14.3. The van der Waals surface area contributed by atoms with Gasteiger partial charge in [0, 0.05) is 103 Å². The fourth-order valence-electron chi connectivity index (χ4n) is 18.0. The predicted molar refractivity (Wildman–Crippen MR) is 504 cm³/mol. The van der Waals surface area contributed by atoms with Crippen LogP contribution in [0.5, 0.6) is 0 Å². The summed E-state index contributed by atoms with van der Waals surface area (Å²) in [5.41, 5.74) is 29.3. The third kappa shape index (κ3) is 12.6. The molecule has 7 nitrogen and oxygen atoms in total. The van der Waals surface area contributed by atoms with Crippen LogP contribution in [0.4, 0.5) is 4.39 Å². The molecule has 0 bridgehead atoms. The van der Waals surface area contributed by atoms with Crippen molar-refractivity contribution in [1.82, 2.24) is 33.6 Å². The van der Waals surface area contributed by atoms with Crippen molar-refractivity contribution >= 4 is 119 Å². The first-order valence-electron chi connectivity index (χ1n) is 40.8. The predicted octanol–water partition coefficient (Wildman–Crippen LogP) is 30.1. The number of para-hydroxylation sites is 5. The molecule has 0 spiro atoms. The van der Waals surface area contributed by atoms with Crippen molar-refractivity contribution in [3.05, 3.63) is 430 Å². The molecule has 0 radical (unpaired) electrons. The first kappa shape index (κ1) is 70.6. The van der Waals surface area contributed by atoms with Crippen LogP contribution < -0.4 is 0 Å². The Kier molecular flexibility index (Phi) is 17.2. The Hall–Kier alpha value is -15.8. The van der Waals surface area contributed by atoms with E-state index in [1.54, 1.807) is 12.1 Å². The van der Waals surface area contributed by atoms with Crippen LogP contribution in [-0.2, 0) is 0 Å². The molecule has 0 fully saturated rings. The third-order valence-electron chi connectivity index (χ3n) is 23.8. The van der Waals surface area contributed by atoms with Crippen molar-refractivity contribution in [3.63, 3.8) is 0 Å². The second-order valence-electron chi connectivity index (χ2n) is 30.9. The van der Waals surface area contributed by atoms with E-state index in [1.165, 1.54) is 81.1 Å². The average Bonchev–Trinajstić information content (AvgIpc) is 1.61. The van der Waals surface area contributed by atoms with Gasteiger partial charge >= 0.3 is 0 Å². The summed E-state index contributed by atoms with van der Waals surface area (Å²) in [4.78, 5) is 20.3. The highest BCUT2D eigenvalue weighted by Crippen LogP contribution is 2.44. The minimum absolute atomic E-state index is 0.248. The van der Waals surface area contributed by atoms with Crippen molar-refractivity contribution in [1.29, 1.82) is 0 Å². The van der Waals surface area contributed by atoms with Gasteiger partial charge in [-0.1, -0.05) is 279 Å². The molecule has 18 aromatic carbocycles. The molecule has 0 amide bonds. The SMILES string of the molecule is Fc1cccc(-n2c3ccccc3c3cc(-c4ccc(-c5ccc6c(c5)c5ccccc5n6-c5ccc(-c6nc(-c7ccccc7)c7ccccc7n6)cc5)cc4)ccc32)c1.c1ccc(-c2nc(-c3cccc(-c4cccc(-n5c6ccccc6c6cc(-c7ccc(-c8ccc9sc%10ccccc%10c9c8)cc7)ccc65)c4)c3)nc3ccccc23)cc1. The van der Waals surface area contributed by atoms with Crippen molar-refractivity contribution in [3.8, 4) is 118 Å². The van der Waals surface area contributed by atoms with Crippen molar-refractivity contribution in [2.45, 2.75) is 0 Å². The molecule has 6 aromatic heterocycles. The maximum absolute atomic E-state index is 14.3. The van der Waals surface area contributed by atoms with E-state index in [4.69, 9.17) is 19.9 Å². The van der Waals surface area contributed by atoms with Crippen LogP contribution in [0.25, 0.3) is 225 Å². The minimum Gasteiger partial charge on any atom is -0.309 e. The van der Waals surface area contributed by atoms with Crippen LogP contribution >= 0.6 is 11.3 Å². The number of rotatable bonds is 12. The van der Waals surface area contributed by atoms with E-state index in [0.717, 1.165) is 139 Å². The molecule has 0 unspecified atom stereocenters. The summed E-state index contributed by atoms with van der Waals surface area (Å²) in [5, 5.41) is 11.9. The second-order valence-corrected chi connectivity index (χ2v) is 32.0. The lowest BCUT2D eigenvalue weighted by Gasteiger charge is -2.12. The van der Waals surface area contributed by atoms with Gasteiger partial charge in [0.1, 0.15) is 5.82 Å². The number of hydrogen-bond donors (Lipinski definition) is 0. The molecule has 0 aliphatic carbocycles. The molecule has 0 N–H and O–H groups in total. The summed E-state index contributed by atoms with van der Waals surface area (Å²) in [6, 6.07) is 149. The summed E-state index contributed by atoms with van der Waals surface area (Å²) in [5.74, 6) is 1.17. The number of aromatic nitrogens is 7. The summed E-state index contributed by atoms with van der Waals surface area (Å²) in [6.45, 7) is 0. The fourth-order valence-corrected chi connectivity index (χ4v) is 19.1. The van der Waals surface area contributed by atoms with Crippen LogP contribution in [0.1, 0.15) is 0 Å². The number of fused-ring (bicyclic) bond motifs is 14. The van der Waals surface area contributed by atoms with E-state index in [9.17, 15) is 4.39 Å². The van der Waals surface area contributed by atoms with E-state index in [-0.39, 0.29) is 5.82 Å². The molecular formula is C112H70FN7S. The van der Waals surface area contributed by atoms with Crippen molar-refractivity contribution in [2.75, 3.05) is 0 Å². The lowest BCUT2D eigenvalue weighted by molar-refractivity contribution is 0.627. The van der Waals surface area contributed by atoms with Gasteiger partial charge in [-0.25, -0.2) is 24.3 Å². The lowest BCUT2D eigenvalue weighted by Crippen LogP contribution is -1.97. The summed E-state index contributed by atoms with van der Waals surface area (Å²) in [7, 11) is 0. The van der Waals surface area contributed by atoms with E-state index >= 15 is 0 Å². The molecule has 566 valence electrons. The molecule has 24 rings (SSSR count). The monoisotopic (exact) mass is 1560 g/mol. The second kappa shape index (κ2) is 29.4. The zero-order valence-electron chi connectivity index (χ0n) is 65.3. The molecule has 0 aliphatic heterocycles. The third-order valence-corrected chi connectivity index (χ3v) is 25.0. The van der Waals surface area contributed by atoms with Crippen molar-refractivity contribution in [2.24, 2.45) is 0 Å². The van der Waals surface area contributed by atoms with Crippen LogP contribution in [0.3, 0.4) is 0 Å². The molecule has 9 heteroatoms. The molecule has 0 atom stereocenters. The van der Waals surface area contributed by atoms with Crippen LogP contribution in [0, 0.1) is 5.82 Å². The Morgan fingerprint density at radius 2 is 0.512 bits per heavy atom. The van der Waals surface area contributed by atoms with E-state index in [0.29, 0.717) is 11.6 Å². The number of halogens is 1. The number of nitrogens with zero attached hydrogens (tertiary/aromatic N) is 7. The van der Waals surface area contributed by atoms with Gasteiger partial charge in [0.15, 0.2) is 11.6 Å². The fraction of sp³-hybridized carbons (Fsp3) is 0. The normalized spacial score (nSPS) is 11.7. The number of hydrogen-bond acceptors (Lipinski definition) is 5. The van der Waals surface area contributed by atoms with Crippen LogP contribution in [-0.4, -0.2) is 33.6 Å². The quantitative estimate of drug-likeness (QED) is 0.122. The Bertz CT molecular complexity index is 8210. The van der Waals surface area contributed by atoms with E-state index in [2.05, 4.69) is 366 Å². The number of thiophene rings is 1. The molecular weight excluding hydrogens is 1490 g/mol. The highest BCUT2D eigenvalue weighted by Gasteiger charge is 2.21. The smallest absolute Gasteiger partial charge is 0.160 e.